The minimum Gasteiger partial charge on any atom is -0.378 e. The van der Waals surface area contributed by atoms with E-state index in [1.54, 1.807) is 0 Å². The fourth-order valence-electron chi connectivity index (χ4n) is 2.64. The van der Waals surface area contributed by atoms with Crippen LogP contribution in [0, 0.1) is 5.41 Å². The number of rotatable bonds is 1. The summed E-state index contributed by atoms with van der Waals surface area (Å²) in [5, 5.41) is 0. The Morgan fingerprint density at radius 3 is 2.44 bits per heavy atom. The molecule has 4 nitrogen and oxygen atoms in total. The zero-order valence-electron chi connectivity index (χ0n) is 10.1. The number of carbonyl (C=O) groups excluding carboxylic acids is 1. The average molecular weight is 226 g/mol. The van der Waals surface area contributed by atoms with E-state index < -0.39 is 0 Å². The molecule has 0 radical (unpaired) electrons. The van der Waals surface area contributed by atoms with Crippen molar-refractivity contribution in [3.05, 3.63) is 0 Å². The average Bonchev–Trinajstić information content (AvgIpc) is 2.33. The molecule has 4 heteroatoms. The van der Waals surface area contributed by atoms with Crippen molar-refractivity contribution in [3.63, 3.8) is 0 Å². The van der Waals surface area contributed by atoms with E-state index >= 15 is 0 Å². The highest BCUT2D eigenvalue weighted by Gasteiger charge is 2.39. The van der Waals surface area contributed by atoms with Gasteiger partial charge in [0.25, 0.3) is 0 Å². The number of hydrogen-bond donors (Lipinski definition) is 1. The van der Waals surface area contributed by atoms with E-state index in [1.165, 1.54) is 0 Å². The summed E-state index contributed by atoms with van der Waals surface area (Å²) in [6.07, 6.45) is 3.83. The smallest absolute Gasteiger partial charge is 0.228 e. The minimum absolute atomic E-state index is 0.173. The topological polar surface area (TPSA) is 55.6 Å². The molecule has 0 unspecified atom stereocenters. The van der Waals surface area contributed by atoms with Crippen molar-refractivity contribution in [2.24, 2.45) is 11.1 Å². The van der Waals surface area contributed by atoms with Crippen LogP contribution in [-0.4, -0.2) is 43.2 Å². The summed E-state index contributed by atoms with van der Waals surface area (Å²) in [7, 11) is 0. The summed E-state index contributed by atoms with van der Waals surface area (Å²) >= 11 is 0. The van der Waals surface area contributed by atoms with Gasteiger partial charge < -0.3 is 15.4 Å². The molecule has 2 N–H and O–H groups in total. The summed E-state index contributed by atoms with van der Waals surface area (Å²) in [6, 6.07) is 0.297. The molecule has 2 fully saturated rings. The second-order valence-corrected chi connectivity index (χ2v) is 5.30. The molecule has 1 heterocycles. The Bertz CT molecular complexity index is 254. The Kier molecular flexibility index (Phi) is 3.50. The molecule has 1 aliphatic carbocycles. The van der Waals surface area contributed by atoms with E-state index in [-0.39, 0.29) is 5.41 Å². The minimum atomic E-state index is -0.173. The van der Waals surface area contributed by atoms with Gasteiger partial charge in [-0.05, 0) is 25.7 Å². The van der Waals surface area contributed by atoms with Crippen molar-refractivity contribution in [1.29, 1.82) is 0 Å². The van der Waals surface area contributed by atoms with Gasteiger partial charge in [0.05, 0.1) is 13.2 Å². The van der Waals surface area contributed by atoms with Crippen LogP contribution in [0.2, 0.25) is 0 Å². The van der Waals surface area contributed by atoms with Gasteiger partial charge in [0.2, 0.25) is 5.91 Å². The van der Waals surface area contributed by atoms with Crippen LogP contribution >= 0.6 is 0 Å². The van der Waals surface area contributed by atoms with E-state index in [1.807, 2.05) is 4.90 Å². The van der Waals surface area contributed by atoms with Crippen LogP contribution in [0.15, 0.2) is 0 Å². The Labute approximate surface area is 97.1 Å². The third kappa shape index (κ3) is 2.38. The van der Waals surface area contributed by atoms with Crippen LogP contribution < -0.4 is 5.73 Å². The van der Waals surface area contributed by atoms with Crippen molar-refractivity contribution >= 4 is 5.91 Å². The van der Waals surface area contributed by atoms with Crippen LogP contribution in [0.3, 0.4) is 0 Å². The summed E-state index contributed by atoms with van der Waals surface area (Å²) in [4.78, 5) is 14.4. The Morgan fingerprint density at radius 1 is 1.31 bits per heavy atom. The molecule has 0 aromatic carbocycles. The highest BCUT2D eigenvalue weighted by Crippen LogP contribution is 2.37. The molecule has 0 spiro atoms. The van der Waals surface area contributed by atoms with Crippen LogP contribution in [-0.2, 0) is 9.53 Å². The van der Waals surface area contributed by atoms with Crippen LogP contribution in [0.1, 0.15) is 32.6 Å². The summed E-state index contributed by atoms with van der Waals surface area (Å²) in [5.74, 6) is 0.308. The fraction of sp³-hybridized carbons (Fsp3) is 0.917. The quantitative estimate of drug-likeness (QED) is 0.718. The molecule has 1 saturated heterocycles. The molecule has 1 amide bonds. The van der Waals surface area contributed by atoms with Gasteiger partial charge in [-0.2, -0.15) is 0 Å². The third-order valence-electron chi connectivity index (χ3n) is 3.95. The molecular weight excluding hydrogens is 204 g/mol. The Morgan fingerprint density at radius 2 is 1.88 bits per heavy atom. The third-order valence-corrected chi connectivity index (χ3v) is 3.95. The summed E-state index contributed by atoms with van der Waals surface area (Å²) in [6.45, 7) is 4.96. The zero-order valence-corrected chi connectivity index (χ0v) is 10.1. The number of nitrogens with two attached hydrogens (primary N) is 1. The van der Waals surface area contributed by atoms with E-state index in [0.717, 1.165) is 38.8 Å². The number of amides is 1. The standard InChI is InChI=1S/C12H22N2O2/c1-12(4-2-10(13)3-5-12)11(15)14-6-8-16-9-7-14/h10H,2-9,13H2,1H3. The summed E-state index contributed by atoms with van der Waals surface area (Å²) < 4.78 is 5.27. The maximum atomic E-state index is 12.4. The molecule has 16 heavy (non-hydrogen) atoms. The number of ether oxygens (including phenoxy) is 1. The number of morpholine rings is 1. The largest absolute Gasteiger partial charge is 0.378 e. The normalized spacial score (nSPS) is 36.1. The van der Waals surface area contributed by atoms with Crippen molar-refractivity contribution < 1.29 is 9.53 Å². The lowest BCUT2D eigenvalue weighted by Gasteiger charge is -2.40. The Balaban J connectivity index is 1.96. The maximum Gasteiger partial charge on any atom is 0.228 e. The highest BCUT2D eigenvalue weighted by molar-refractivity contribution is 5.82. The SMILES string of the molecule is CC1(C(=O)N2CCOCC2)CCC(N)CC1. The molecule has 2 rings (SSSR count). The number of carbonyl (C=O) groups is 1. The van der Waals surface area contributed by atoms with E-state index in [0.29, 0.717) is 25.2 Å². The lowest BCUT2D eigenvalue weighted by atomic mass is 9.73. The number of hydrogen-bond acceptors (Lipinski definition) is 3. The van der Waals surface area contributed by atoms with Crippen LogP contribution in [0.5, 0.6) is 0 Å². The lowest BCUT2D eigenvalue weighted by molar-refractivity contribution is -0.147. The van der Waals surface area contributed by atoms with Crippen molar-refractivity contribution in [1.82, 2.24) is 4.90 Å². The van der Waals surface area contributed by atoms with Gasteiger partial charge in [-0.25, -0.2) is 0 Å². The predicted molar refractivity (Wildman–Crippen MR) is 61.9 cm³/mol. The highest BCUT2D eigenvalue weighted by atomic mass is 16.5. The van der Waals surface area contributed by atoms with Gasteiger partial charge in [-0.3, -0.25) is 4.79 Å². The van der Waals surface area contributed by atoms with Gasteiger partial charge in [0.1, 0.15) is 0 Å². The van der Waals surface area contributed by atoms with Crippen LogP contribution in [0.4, 0.5) is 0 Å². The maximum absolute atomic E-state index is 12.4. The molecule has 0 bridgehead atoms. The summed E-state index contributed by atoms with van der Waals surface area (Å²) in [5.41, 5.74) is 5.72. The fourth-order valence-corrected chi connectivity index (χ4v) is 2.64. The molecule has 0 aromatic rings. The van der Waals surface area contributed by atoms with Gasteiger partial charge in [0, 0.05) is 24.5 Å². The predicted octanol–water partition coefficient (Wildman–Crippen LogP) is 0.753. The van der Waals surface area contributed by atoms with Gasteiger partial charge in [0.15, 0.2) is 0 Å². The van der Waals surface area contributed by atoms with Crippen molar-refractivity contribution in [2.45, 2.75) is 38.6 Å². The molecule has 1 saturated carbocycles. The molecule has 92 valence electrons. The van der Waals surface area contributed by atoms with Crippen LogP contribution in [0.25, 0.3) is 0 Å². The molecule has 2 aliphatic rings. The Hall–Kier alpha value is -0.610. The first-order valence-corrected chi connectivity index (χ1v) is 6.24. The van der Waals surface area contributed by atoms with E-state index in [9.17, 15) is 4.79 Å². The molecular formula is C12H22N2O2. The molecule has 1 aliphatic heterocycles. The molecule has 0 atom stereocenters. The lowest BCUT2D eigenvalue weighted by Crippen LogP contribution is -2.49. The van der Waals surface area contributed by atoms with Crippen molar-refractivity contribution in [2.75, 3.05) is 26.3 Å². The number of nitrogens with zero attached hydrogens (tertiary/aromatic N) is 1. The van der Waals surface area contributed by atoms with E-state index in [2.05, 4.69) is 6.92 Å². The van der Waals surface area contributed by atoms with Gasteiger partial charge >= 0.3 is 0 Å². The zero-order chi connectivity index (χ0) is 11.6. The monoisotopic (exact) mass is 226 g/mol. The van der Waals surface area contributed by atoms with Crippen molar-refractivity contribution in [3.8, 4) is 0 Å². The second-order valence-electron chi connectivity index (χ2n) is 5.30. The first-order chi connectivity index (χ1) is 7.62. The van der Waals surface area contributed by atoms with Gasteiger partial charge in [-0.15, -0.1) is 0 Å². The molecule has 0 aromatic heterocycles. The first-order valence-electron chi connectivity index (χ1n) is 6.24. The first kappa shape index (κ1) is 11.9. The van der Waals surface area contributed by atoms with Gasteiger partial charge in [-0.1, -0.05) is 6.92 Å². The van der Waals surface area contributed by atoms with E-state index in [4.69, 9.17) is 10.5 Å². The second kappa shape index (κ2) is 4.72.